The first-order valence-electron chi connectivity index (χ1n) is 5.26. The number of hydrogen-bond acceptors (Lipinski definition) is 3. The lowest BCUT2D eigenvalue weighted by Gasteiger charge is -2.00. The molecule has 2 N–H and O–H groups in total. The van der Waals surface area contributed by atoms with Crippen molar-refractivity contribution in [2.45, 2.75) is 25.7 Å². The highest BCUT2D eigenvalue weighted by Gasteiger charge is 2.29. The van der Waals surface area contributed by atoms with Crippen molar-refractivity contribution in [2.24, 2.45) is 7.05 Å². The molecule has 4 heteroatoms. The molecule has 1 aliphatic carbocycles. The smallest absolute Gasteiger partial charge is 0.158 e. The van der Waals surface area contributed by atoms with Crippen molar-refractivity contribution in [2.75, 3.05) is 5.73 Å². The zero-order valence-electron chi connectivity index (χ0n) is 8.99. The average Bonchev–Trinajstić information content (AvgIpc) is 2.97. The number of nitrogens with zero attached hydrogens (tertiary/aromatic N) is 3. The van der Waals surface area contributed by atoms with Crippen molar-refractivity contribution in [1.29, 1.82) is 0 Å². The highest BCUT2D eigenvalue weighted by molar-refractivity contribution is 5.83. The second-order valence-corrected chi connectivity index (χ2v) is 4.32. The highest BCUT2D eigenvalue weighted by Crippen LogP contribution is 2.42. The Balaban J connectivity index is 2.34. The average molecular weight is 202 g/mol. The van der Waals surface area contributed by atoms with E-state index >= 15 is 0 Å². The van der Waals surface area contributed by atoms with E-state index in [4.69, 9.17) is 5.73 Å². The molecule has 1 saturated carbocycles. The summed E-state index contributed by atoms with van der Waals surface area (Å²) >= 11 is 0. The van der Waals surface area contributed by atoms with Gasteiger partial charge in [-0.1, -0.05) is 0 Å². The van der Waals surface area contributed by atoms with Gasteiger partial charge < -0.3 is 5.73 Å². The summed E-state index contributed by atoms with van der Waals surface area (Å²) in [5, 5.41) is 5.66. The van der Waals surface area contributed by atoms with Crippen molar-refractivity contribution in [1.82, 2.24) is 14.8 Å². The van der Waals surface area contributed by atoms with Gasteiger partial charge in [0.2, 0.25) is 0 Å². The van der Waals surface area contributed by atoms with Crippen LogP contribution in [0.25, 0.3) is 11.0 Å². The molecule has 0 radical (unpaired) electrons. The van der Waals surface area contributed by atoms with Crippen LogP contribution in [0, 0.1) is 6.92 Å². The lowest BCUT2D eigenvalue weighted by Crippen LogP contribution is -1.96. The SMILES string of the molecule is Cc1nc2c(cc1N)c(C1CC1)nn2C. The first-order valence-corrected chi connectivity index (χ1v) is 5.26. The van der Waals surface area contributed by atoms with Crippen molar-refractivity contribution < 1.29 is 0 Å². The van der Waals surface area contributed by atoms with Gasteiger partial charge in [-0.15, -0.1) is 0 Å². The van der Waals surface area contributed by atoms with Crippen molar-refractivity contribution in [3.8, 4) is 0 Å². The van der Waals surface area contributed by atoms with E-state index in [1.54, 1.807) is 0 Å². The van der Waals surface area contributed by atoms with Gasteiger partial charge in [0.15, 0.2) is 5.65 Å². The Morgan fingerprint density at radius 1 is 1.47 bits per heavy atom. The van der Waals surface area contributed by atoms with E-state index in [9.17, 15) is 0 Å². The molecule has 0 aliphatic heterocycles. The number of nitrogens with two attached hydrogens (primary N) is 1. The number of rotatable bonds is 1. The molecule has 4 nitrogen and oxygen atoms in total. The zero-order chi connectivity index (χ0) is 10.6. The second-order valence-electron chi connectivity index (χ2n) is 4.32. The predicted molar refractivity (Wildman–Crippen MR) is 59.6 cm³/mol. The maximum absolute atomic E-state index is 5.89. The maximum Gasteiger partial charge on any atom is 0.158 e. The molecule has 0 spiro atoms. The van der Waals surface area contributed by atoms with Crippen molar-refractivity contribution >= 4 is 16.7 Å². The monoisotopic (exact) mass is 202 g/mol. The number of fused-ring (bicyclic) bond motifs is 1. The molecule has 1 fully saturated rings. The van der Waals surface area contributed by atoms with Gasteiger partial charge in [-0.25, -0.2) is 4.98 Å². The first-order chi connectivity index (χ1) is 7.16. The number of anilines is 1. The molecule has 2 aromatic heterocycles. The molecule has 0 atom stereocenters. The molecule has 2 aromatic rings. The zero-order valence-corrected chi connectivity index (χ0v) is 8.99. The molecule has 3 rings (SSSR count). The third kappa shape index (κ3) is 1.21. The van der Waals surface area contributed by atoms with E-state index in [2.05, 4.69) is 10.1 Å². The van der Waals surface area contributed by atoms with Crippen molar-refractivity contribution in [3.05, 3.63) is 17.5 Å². The van der Waals surface area contributed by atoms with Crippen LogP contribution in [0.1, 0.15) is 30.1 Å². The van der Waals surface area contributed by atoms with Gasteiger partial charge in [0.1, 0.15) is 0 Å². The molecule has 0 bridgehead atoms. The predicted octanol–water partition coefficient (Wildman–Crippen LogP) is 1.74. The van der Waals surface area contributed by atoms with Gasteiger partial charge in [0, 0.05) is 18.4 Å². The minimum Gasteiger partial charge on any atom is -0.397 e. The molecule has 0 saturated heterocycles. The molecule has 78 valence electrons. The quantitative estimate of drug-likeness (QED) is 0.766. The number of aromatic nitrogens is 3. The Bertz CT molecular complexity index is 537. The summed E-state index contributed by atoms with van der Waals surface area (Å²) in [5.41, 5.74) is 9.65. The van der Waals surface area contributed by atoms with E-state index in [1.807, 2.05) is 24.7 Å². The fourth-order valence-electron chi connectivity index (χ4n) is 1.96. The summed E-state index contributed by atoms with van der Waals surface area (Å²) in [6.45, 7) is 1.93. The third-order valence-corrected chi connectivity index (χ3v) is 3.04. The molecular formula is C11H14N4. The number of aryl methyl sites for hydroxylation is 2. The topological polar surface area (TPSA) is 56.7 Å². The molecule has 2 heterocycles. The number of nitrogen functional groups attached to an aromatic ring is 1. The van der Waals surface area contributed by atoms with Crippen molar-refractivity contribution in [3.63, 3.8) is 0 Å². The van der Waals surface area contributed by atoms with Gasteiger partial charge in [-0.05, 0) is 25.8 Å². The van der Waals surface area contributed by atoms with E-state index in [0.29, 0.717) is 5.92 Å². The Morgan fingerprint density at radius 2 is 2.20 bits per heavy atom. The summed E-state index contributed by atoms with van der Waals surface area (Å²) in [6, 6.07) is 2.01. The van der Waals surface area contributed by atoms with Gasteiger partial charge in [-0.3, -0.25) is 4.68 Å². The summed E-state index contributed by atoms with van der Waals surface area (Å²) < 4.78 is 1.86. The minimum atomic E-state index is 0.637. The highest BCUT2D eigenvalue weighted by atomic mass is 15.3. The summed E-state index contributed by atoms with van der Waals surface area (Å²) in [5.74, 6) is 0.637. The largest absolute Gasteiger partial charge is 0.397 e. The number of pyridine rings is 1. The lowest BCUT2D eigenvalue weighted by molar-refractivity contribution is 0.758. The summed E-state index contributed by atoms with van der Waals surface area (Å²) in [6.07, 6.45) is 2.50. The van der Waals surface area contributed by atoms with Crippen LogP contribution in [0.4, 0.5) is 5.69 Å². The fraction of sp³-hybridized carbons (Fsp3) is 0.455. The Labute approximate surface area is 88.1 Å². The van der Waals surface area contributed by atoms with E-state index in [1.165, 1.54) is 18.5 Å². The number of hydrogen-bond donors (Lipinski definition) is 1. The van der Waals surface area contributed by atoms with Crippen LogP contribution >= 0.6 is 0 Å². The molecule has 15 heavy (non-hydrogen) atoms. The first kappa shape index (κ1) is 8.71. The summed E-state index contributed by atoms with van der Waals surface area (Å²) in [4.78, 5) is 4.48. The van der Waals surface area contributed by atoms with Crippen LogP contribution < -0.4 is 5.73 Å². The Kier molecular flexibility index (Phi) is 1.58. The van der Waals surface area contributed by atoms with Crippen LogP contribution in [0.15, 0.2) is 6.07 Å². The minimum absolute atomic E-state index is 0.637. The molecule has 0 unspecified atom stereocenters. The molecule has 0 aromatic carbocycles. The van der Waals surface area contributed by atoms with Gasteiger partial charge in [-0.2, -0.15) is 5.10 Å². The molecule has 0 amide bonds. The third-order valence-electron chi connectivity index (χ3n) is 3.04. The summed E-state index contributed by atoms with van der Waals surface area (Å²) in [7, 11) is 1.94. The fourth-order valence-corrected chi connectivity index (χ4v) is 1.96. The lowest BCUT2D eigenvalue weighted by atomic mass is 10.2. The van der Waals surface area contributed by atoms with Gasteiger partial charge in [0.05, 0.1) is 17.1 Å². The Hall–Kier alpha value is -1.58. The molecule has 1 aliphatic rings. The van der Waals surface area contributed by atoms with Crippen LogP contribution in [-0.4, -0.2) is 14.8 Å². The normalized spacial score (nSPS) is 16.1. The van der Waals surface area contributed by atoms with Crippen LogP contribution in [0.5, 0.6) is 0 Å². The van der Waals surface area contributed by atoms with E-state index in [0.717, 1.165) is 22.4 Å². The standard InChI is InChI=1S/C11H14N4/c1-6-9(12)5-8-10(7-3-4-7)14-15(2)11(8)13-6/h5,7H,3-4,12H2,1-2H3. The maximum atomic E-state index is 5.89. The second kappa shape index (κ2) is 2.72. The van der Waals surface area contributed by atoms with Gasteiger partial charge >= 0.3 is 0 Å². The van der Waals surface area contributed by atoms with Gasteiger partial charge in [0.25, 0.3) is 0 Å². The Morgan fingerprint density at radius 3 is 2.87 bits per heavy atom. The van der Waals surface area contributed by atoms with E-state index < -0.39 is 0 Å². The molecular weight excluding hydrogens is 188 g/mol. The van der Waals surface area contributed by atoms with E-state index in [-0.39, 0.29) is 0 Å². The van der Waals surface area contributed by atoms with Crippen LogP contribution in [0.2, 0.25) is 0 Å². The van der Waals surface area contributed by atoms with Crippen LogP contribution in [0.3, 0.4) is 0 Å². The van der Waals surface area contributed by atoms with Crippen LogP contribution in [-0.2, 0) is 7.05 Å².